The van der Waals surface area contributed by atoms with Gasteiger partial charge in [0.05, 0.1) is 15.5 Å². The van der Waals surface area contributed by atoms with Crippen molar-refractivity contribution in [2.24, 2.45) is 0 Å². The molecule has 9 heteroatoms. The van der Waals surface area contributed by atoms with Gasteiger partial charge < -0.3 is 15.3 Å². The molecule has 0 saturated carbocycles. The van der Waals surface area contributed by atoms with Gasteiger partial charge in [0.1, 0.15) is 11.5 Å². The highest BCUT2D eigenvalue weighted by Gasteiger charge is 2.26. The van der Waals surface area contributed by atoms with Crippen LogP contribution in [0, 0.1) is 15.9 Å². The Morgan fingerprint density at radius 1 is 1.57 bits per heavy atom. The van der Waals surface area contributed by atoms with Crippen LogP contribution in [0.1, 0.15) is 12.8 Å². The van der Waals surface area contributed by atoms with Gasteiger partial charge in [-0.3, -0.25) is 10.1 Å². The molecule has 1 amide bonds. The molecule has 21 heavy (non-hydrogen) atoms. The summed E-state index contributed by atoms with van der Waals surface area (Å²) in [6.07, 6.45) is 0.340. The number of nitrogens with one attached hydrogen (secondary N) is 1. The van der Waals surface area contributed by atoms with E-state index in [-0.39, 0.29) is 28.4 Å². The van der Waals surface area contributed by atoms with E-state index >= 15 is 0 Å². The number of piperidine rings is 1. The molecule has 1 aliphatic heterocycles. The van der Waals surface area contributed by atoms with E-state index in [1.165, 1.54) is 11.0 Å². The van der Waals surface area contributed by atoms with E-state index in [2.05, 4.69) is 21.2 Å². The average Bonchev–Trinajstić information content (AvgIpc) is 2.42. The number of anilines is 1. The Morgan fingerprint density at radius 2 is 2.29 bits per heavy atom. The second-order valence-corrected chi connectivity index (χ2v) is 5.61. The molecular formula is C12H13BrFN3O4. The van der Waals surface area contributed by atoms with Gasteiger partial charge >= 0.3 is 6.09 Å². The summed E-state index contributed by atoms with van der Waals surface area (Å²) in [7, 11) is 0. The van der Waals surface area contributed by atoms with Crippen molar-refractivity contribution in [2.75, 3.05) is 18.4 Å². The number of likely N-dealkylation sites (tertiary alicyclic amines) is 1. The van der Waals surface area contributed by atoms with Gasteiger partial charge in [0, 0.05) is 19.1 Å². The molecule has 2 N–H and O–H groups in total. The summed E-state index contributed by atoms with van der Waals surface area (Å²) in [5.74, 6) is -0.719. The summed E-state index contributed by atoms with van der Waals surface area (Å²) in [5, 5.41) is 22.9. The van der Waals surface area contributed by atoms with E-state index in [1.807, 2.05) is 0 Å². The van der Waals surface area contributed by atoms with Crippen molar-refractivity contribution < 1.29 is 19.2 Å². The van der Waals surface area contributed by atoms with Crippen molar-refractivity contribution in [3.8, 4) is 0 Å². The largest absolute Gasteiger partial charge is 0.465 e. The standard InChI is InChI=1S/C12H13BrFN3O4/c13-8-4-10(11(17(20)21)5-9(8)14)15-7-2-1-3-16(6-7)12(18)19/h4-5,7,15H,1-3,6H2,(H,18,19)/t7-/m1/s1. The van der Waals surface area contributed by atoms with Crippen LogP contribution in [0.15, 0.2) is 16.6 Å². The lowest BCUT2D eigenvalue weighted by Gasteiger charge is -2.31. The summed E-state index contributed by atoms with van der Waals surface area (Å²) in [5.41, 5.74) is -0.200. The van der Waals surface area contributed by atoms with Gasteiger partial charge in [0.15, 0.2) is 0 Å². The number of rotatable bonds is 3. The van der Waals surface area contributed by atoms with Gasteiger partial charge in [-0.2, -0.15) is 0 Å². The van der Waals surface area contributed by atoms with Crippen molar-refractivity contribution in [1.29, 1.82) is 0 Å². The van der Waals surface area contributed by atoms with Crippen LogP contribution in [0.3, 0.4) is 0 Å². The third-order valence-corrected chi connectivity index (χ3v) is 3.89. The lowest BCUT2D eigenvalue weighted by molar-refractivity contribution is -0.384. The maximum atomic E-state index is 13.4. The highest BCUT2D eigenvalue weighted by molar-refractivity contribution is 9.10. The number of halogens is 2. The molecular weight excluding hydrogens is 349 g/mol. The van der Waals surface area contributed by atoms with Crippen LogP contribution in [0.5, 0.6) is 0 Å². The van der Waals surface area contributed by atoms with E-state index in [1.54, 1.807) is 0 Å². The monoisotopic (exact) mass is 361 g/mol. The SMILES string of the molecule is O=C(O)N1CCC[C@@H](Nc2cc(Br)c(F)cc2[N+](=O)[O-])C1. The van der Waals surface area contributed by atoms with Crippen LogP contribution in [-0.4, -0.2) is 40.2 Å². The Bertz CT molecular complexity index is 584. The Morgan fingerprint density at radius 3 is 2.90 bits per heavy atom. The minimum atomic E-state index is -1.02. The lowest BCUT2D eigenvalue weighted by Crippen LogP contribution is -2.44. The fourth-order valence-electron chi connectivity index (χ4n) is 2.29. The number of hydrogen-bond donors (Lipinski definition) is 2. The molecule has 1 aromatic rings. The molecule has 1 aliphatic rings. The quantitative estimate of drug-likeness (QED) is 0.637. The predicted molar refractivity (Wildman–Crippen MR) is 77.0 cm³/mol. The van der Waals surface area contributed by atoms with Crippen LogP contribution < -0.4 is 5.32 Å². The van der Waals surface area contributed by atoms with E-state index in [4.69, 9.17) is 5.11 Å². The zero-order valence-corrected chi connectivity index (χ0v) is 12.5. The topological polar surface area (TPSA) is 95.7 Å². The fourth-order valence-corrected chi connectivity index (χ4v) is 2.63. The number of nitrogens with zero attached hydrogens (tertiary/aromatic N) is 2. The van der Waals surface area contributed by atoms with Gasteiger partial charge in [0.2, 0.25) is 0 Å². The van der Waals surface area contributed by atoms with Gasteiger partial charge in [-0.25, -0.2) is 9.18 Å². The molecule has 0 radical (unpaired) electrons. The van der Waals surface area contributed by atoms with E-state index in [0.29, 0.717) is 19.4 Å². The molecule has 0 unspecified atom stereocenters. The number of nitro groups is 1. The maximum Gasteiger partial charge on any atom is 0.407 e. The van der Waals surface area contributed by atoms with Crippen LogP contribution in [0.2, 0.25) is 0 Å². The molecule has 114 valence electrons. The van der Waals surface area contributed by atoms with Crippen molar-refractivity contribution in [3.05, 3.63) is 32.5 Å². The Kier molecular flexibility index (Phi) is 4.61. The van der Waals surface area contributed by atoms with E-state index in [9.17, 15) is 19.3 Å². The minimum Gasteiger partial charge on any atom is -0.465 e. The zero-order chi connectivity index (χ0) is 15.6. The molecule has 0 spiro atoms. The van der Waals surface area contributed by atoms with Crippen molar-refractivity contribution in [3.63, 3.8) is 0 Å². The lowest BCUT2D eigenvalue weighted by atomic mass is 10.1. The summed E-state index contributed by atoms with van der Waals surface area (Å²) < 4.78 is 13.5. The Balaban J connectivity index is 2.20. The van der Waals surface area contributed by atoms with Crippen LogP contribution in [0.4, 0.5) is 20.6 Å². The smallest absolute Gasteiger partial charge is 0.407 e. The molecule has 1 fully saturated rings. The first-order valence-corrected chi connectivity index (χ1v) is 7.05. The second-order valence-electron chi connectivity index (χ2n) is 4.75. The molecule has 2 rings (SSSR count). The van der Waals surface area contributed by atoms with E-state index in [0.717, 1.165) is 6.07 Å². The molecule has 1 aromatic carbocycles. The number of hydrogen-bond acceptors (Lipinski definition) is 4. The molecule has 7 nitrogen and oxygen atoms in total. The molecule has 1 heterocycles. The highest BCUT2D eigenvalue weighted by Crippen LogP contribution is 2.31. The molecule has 0 aliphatic carbocycles. The van der Waals surface area contributed by atoms with Crippen LogP contribution in [0.25, 0.3) is 0 Å². The molecule has 0 aromatic heterocycles. The van der Waals surface area contributed by atoms with Crippen LogP contribution >= 0.6 is 15.9 Å². The molecule has 1 atom stereocenters. The van der Waals surface area contributed by atoms with Gasteiger partial charge in [-0.15, -0.1) is 0 Å². The van der Waals surface area contributed by atoms with Gasteiger partial charge in [0.25, 0.3) is 5.69 Å². The first kappa shape index (κ1) is 15.5. The van der Waals surface area contributed by atoms with Gasteiger partial charge in [-0.05, 0) is 34.8 Å². The van der Waals surface area contributed by atoms with E-state index < -0.39 is 16.8 Å². The van der Waals surface area contributed by atoms with Crippen molar-refractivity contribution >= 4 is 33.4 Å². The highest BCUT2D eigenvalue weighted by atomic mass is 79.9. The van der Waals surface area contributed by atoms with Crippen LogP contribution in [-0.2, 0) is 0 Å². The number of carbonyl (C=O) groups is 1. The Labute approximate surface area is 128 Å². The van der Waals surface area contributed by atoms with Crippen molar-refractivity contribution in [2.45, 2.75) is 18.9 Å². The number of benzene rings is 1. The third kappa shape index (κ3) is 3.60. The van der Waals surface area contributed by atoms with Crippen molar-refractivity contribution in [1.82, 2.24) is 4.90 Å². The Hall–Kier alpha value is -1.90. The molecule has 0 bridgehead atoms. The summed E-state index contributed by atoms with van der Waals surface area (Å²) in [4.78, 5) is 22.5. The first-order valence-electron chi connectivity index (χ1n) is 6.26. The number of nitro benzene ring substituents is 1. The molecule has 1 saturated heterocycles. The predicted octanol–water partition coefficient (Wildman–Crippen LogP) is 3.05. The normalized spacial score (nSPS) is 18.4. The summed E-state index contributed by atoms with van der Waals surface area (Å²) in [6, 6.07) is 1.89. The number of carboxylic acid groups (broad SMARTS) is 1. The average molecular weight is 362 g/mol. The number of amides is 1. The first-order chi connectivity index (χ1) is 9.88. The summed E-state index contributed by atoms with van der Waals surface area (Å²) in [6.45, 7) is 0.685. The fraction of sp³-hybridized carbons (Fsp3) is 0.417. The summed E-state index contributed by atoms with van der Waals surface area (Å²) >= 11 is 2.99. The maximum absolute atomic E-state index is 13.4. The third-order valence-electron chi connectivity index (χ3n) is 3.29. The second kappa shape index (κ2) is 6.25. The van der Waals surface area contributed by atoms with Gasteiger partial charge in [-0.1, -0.05) is 0 Å². The minimum absolute atomic E-state index is 0.113. The zero-order valence-electron chi connectivity index (χ0n) is 10.9.